The molecule has 2 N–H and O–H groups in total. The molecule has 5 heteroatoms. The minimum atomic E-state index is -0.00986. The van der Waals surface area contributed by atoms with Gasteiger partial charge in [0, 0.05) is 29.1 Å². The lowest BCUT2D eigenvalue weighted by Crippen LogP contribution is -2.31. The molecule has 0 aliphatic rings. The molecule has 23 heavy (non-hydrogen) atoms. The summed E-state index contributed by atoms with van der Waals surface area (Å²) in [6, 6.07) is 7.78. The molecule has 0 saturated heterocycles. The molecule has 0 aliphatic carbocycles. The van der Waals surface area contributed by atoms with E-state index in [1.807, 2.05) is 38.1 Å². The summed E-state index contributed by atoms with van der Waals surface area (Å²) in [6.07, 6.45) is 0.827. The molecule has 0 bridgehead atoms. The van der Waals surface area contributed by atoms with Crippen LogP contribution < -0.4 is 10.5 Å². The maximum atomic E-state index is 13.0. The minimum Gasteiger partial charge on any atom is -0.496 e. The van der Waals surface area contributed by atoms with Gasteiger partial charge in [-0.25, -0.2) is 0 Å². The normalized spacial score (nSPS) is 10.6. The van der Waals surface area contributed by atoms with Crippen LogP contribution in [0.15, 0.2) is 24.3 Å². The van der Waals surface area contributed by atoms with Gasteiger partial charge in [0.25, 0.3) is 5.91 Å². The van der Waals surface area contributed by atoms with Gasteiger partial charge in [-0.2, -0.15) is 0 Å². The molecule has 0 atom stereocenters. The van der Waals surface area contributed by atoms with Gasteiger partial charge in [-0.3, -0.25) is 4.79 Å². The van der Waals surface area contributed by atoms with Crippen molar-refractivity contribution in [2.45, 2.75) is 27.2 Å². The molecule has 124 valence electrons. The first-order valence-electron chi connectivity index (χ1n) is 7.92. The number of nitrogen functional groups attached to an aromatic ring is 1. The standard InChI is InChI=1S/C18H24N2O2S/c1-5-14-15(12-10-8-9-11-13(12)22-4)16(17(19)23-14)18(21)20(6-2)7-3/h8-11H,5-7,19H2,1-4H3. The topological polar surface area (TPSA) is 55.6 Å². The van der Waals surface area contributed by atoms with Crippen LogP contribution in [0.4, 0.5) is 5.00 Å². The zero-order chi connectivity index (χ0) is 17.0. The van der Waals surface area contributed by atoms with Gasteiger partial charge >= 0.3 is 0 Å². The van der Waals surface area contributed by atoms with Gasteiger partial charge in [0.15, 0.2) is 0 Å². The van der Waals surface area contributed by atoms with Crippen LogP contribution in [-0.2, 0) is 6.42 Å². The van der Waals surface area contributed by atoms with Crippen molar-refractivity contribution in [2.24, 2.45) is 0 Å². The van der Waals surface area contributed by atoms with Crippen LogP contribution in [0.5, 0.6) is 5.75 Å². The molecule has 4 nitrogen and oxygen atoms in total. The Bertz CT molecular complexity index is 690. The number of carbonyl (C=O) groups is 1. The molecule has 0 radical (unpaired) electrons. The van der Waals surface area contributed by atoms with E-state index in [9.17, 15) is 4.79 Å². The molecular weight excluding hydrogens is 308 g/mol. The second kappa shape index (κ2) is 7.51. The van der Waals surface area contributed by atoms with Crippen molar-refractivity contribution < 1.29 is 9.53 Å². The fourth-order valence-corrected chi connectivity index (χ4v) is 3.78. The second-order valence-corrected chi connectivity index (χ2v) is 6.31. The zero-order valence-corrected chi connectivity index (χ0v) is 15.0. The molecule has 0 aliphatic heterocycles. The summed E-state index contributed by atoms with van der Waals surface area (Å²) in [4.78, 5) is 15.9. The number of anilines is 1. The van der Waals surface area contributed by atoms with E-state index in [0.717, 1.165) is 28.2 Å². The fraction of sp³-hybridized carbons (Fsp3) is 0.389. The monoisotopic (exact) mass is 332 g/mol. The van der Waals surface area contributed by atoms with Crippen molar-refractivity contribution in [1.29, 1.82) is 0 Å². The third kappa shape index (κ3) is 3.20. The highest BCUT2D eigenvalue weighted by Crippen LogP contribution is 2.43. The molecule has 0 spiro atoms. The predicted molar refractivity (Wildman–Crippen MR) is 97.3 cm³/mol. The van der Waals surface area contributed by atoms with E-state index in [2.05, 4.69) is 6.92 Å². The zero-order valence-electron chi connectivity index (χ0n) is 14.2. The number of ether oxygens (including phenoxy) is 1. The summed E-state index contributed by atoms with van der Waals surface area (Å²) in [6.45, 7) is 7.37. The number of aryl methyl sites for hydroxylation is 1. The van der Waals surface area contributed by atoms with Gasteiger partial charge in [0.2, 0.25) is 0 Å². The molecule has 1 aromatic carbocycles. The van der Waals surface area contributed by atoms with Crippen LogP contribution in [0, 0.1) is 0 Å². The molecule has 1 heterocycles. The summed E-state index contributed by atoms with van der Waals surface area (Å²) in [7, 11) is 1.64. The highest BCUT2D eigenvalue weighted by Gasteiger charge is 2.26. The number of carbonyl (C=O) groups excluding carboxylic acids is 1. The molecule has 0 unspecified atom stereocenters. The van der Waals surface area contributed by atoms with Gasteiger partial charge < -0.3 is 15.4 Å². The van der Waals surface area contributed by atoms with Gasteiger partial charge in [-0.1, -0.05) is 25.1 Å². The van der Waals surface area contributed by atoms with E-state index in [1.165, 1.54) is 11.3 Å². The lowest BCUT2D eigenvalue weighted by molar-refractivity contribution is 0.0775. The Morgan fingerprint density at radius 1 is 1.22 bits per heavy atom. The summed E-state index contributed by atoms with van der Waals surface area (Å²) >= 11 is 1.50. The fourth-order valence-electron chi connectivity index (χ4n) is 2.76. The average Bonchev–Trinajstić information content (AvgIpc) is 2.91. The van der Waals surface area contributed by atoms with Crippen LogP contribution in [0.25, 0.3) is 11.1 Å². The molecule has 1 amide bonds. The van der Waals surface area contributed by atoms with E-state index in [-0.39, 0.29) is 5.91 Å². The Hall–Kier alpha value is -2.01. The number of hydrogen-bond acceptors (Lipinski definition) is 4. The smallest absolute Gasteiger partial charge is 0.257 e. The van der Waals surface area contributed by atoms with E-state index in [1.54, 1.807) is 12.0 Å². The summed E-state index contributed by atoms with van der Waals surface area (Å²) < 4.78 is 5.50. The second-order valence-electron chi connectivity index (χ2n) is 5.17. The van der Waals surface area contributed by atoms with Crippen LogP contribution in [-0.4, -0.2) is 31.0 Å². The predicted octanol–water partition coefficient (Wildman–Crippen LogP) is 4.05. The first kappa shape index (κ1) is 17.3. The van der Waals surface area contributed by atoms with Gasteiger partial charge in [-0.15, -0.1) is 11.3 Å². The lowest BCUT2D eigenvalue weighted by atomic mass is 9.98. The number of amides is 1. The molecule has 1 aromatic heterocycles. The number of nitrogens with two attached hydrogens (primary N) is 1. The van der Waals surface area contributed by atoms with Crippen molar-refractivity contribution in [3.05, 3.63) is 34.7 Å². The van der Waals surface area contributed by atoms with Crippen LogP contribution in [0.3, 0.4) is 0 Å². The van der Waals surface area contributed by atoms with Crippen LogP contribution >= 0.6 is 11.3 Å². The molecule has 2 rings (SSSR count). The number of hydrogen-bond donors (Lipinski definition) is 1. The summed E-state index contributed by atoms with van der Waals surface area (Å²) in [5, 5.41) is 0.583. The average molecular weight is 332 g/mol. The van der Waals surface area contributed by atoms with Crippen LogP contribution in [0.1, 0.15) is 36.0 Å². The van der Waals surface area contributed by atoms with Crippen molar-refractivity contribution in [1.82, 2.24) is 4.90 Å². The Morgan fingerprint density at radius 3 is 2.43 bits per heavy atom. The number of thiophene rings is 1. The van der Waals surface area contributed by atoms with E-state index >= 15 is 0 Å². The van der Waals surface area contributed by atoms with Crippen molar-refractivity contribution in [3.8, 4) is 16.9 Å². The van der Waals surface area contributed by atoms with Crippen LogP contribution in [0.2, 0.25) is 0 Å². The third-order valence-electron chi connectivity index (χ3n) is 3.97. The first-order chi connectivity index (χ1) is 11.1. The Morgan fingerprint density at radius 2 is 1.87 bits per heavy atom. The van der Waals surface area contributed by atoms with Crippen molar-refractivity contribution in [3.63, 3.8) is 0 Å². The van der Waals surface area contributed by atoms with E-state index in [0.29, 0.717) is 23.7 Å². The minimum absolute atomic E-state index is 0.00986. The van der Waals surface area contributed by atoms with E-state index in [4.69, 9.17) is 10.5 Å². The van der Waals surface area contributed by atoms with Gasteiger partial charge in [0.1, 0.15) is 5.75 Å². The molecular formula is C18H24N2O2S. The maximum absolute atomic E-state index is 13.0. The number of nitrogens with zero attached hydrogens (tertiary/aromatic N) is 1. The third-order valence-corrected chi connectivity index (χ3v) is 5.13. The number of benzene rings is 1. The first-order valence-corrected chi connectivity index (χ1v) is 8.74. The maximum Gasteiger partial charge on any atom is 0.257 e. The SMILES string of the molecule is CCc1sc(N)c(C(=O)N(CC)CC)c1-c1ccccc1OC. The van der Waals surface area contributed by atoms with Crippen molar-refractivity contribution in [2.75, 3.05) is 25.9 Å². The number of methoxy groups -OCH3 is 1. The number of rotatable bonds is 6. The molecule has 0 saturated carbocycles. The van der Waals surface area contributed by atoms with Gasteiger partial charge in [0.05, 0.1) is 17.7 Å². The highest BCUT2D eigenvalue weighted by molar-refractivity contribution is 7.17. The van der Waals surface area contributed by atoms with E-state index < -0.39 is 0 Å². The Labute approximate surface area is 141 Å². The quantitative estimate of drug-likeness (QED) is 0.868. The van der Waals surface area contributed by atoms with Gasteiger partial charge in [-0.05, 0) is 26.3 Å². The Kier molecular flexibility index (Phi) is 5.66. The van der Waals surface area contributed by atoms with Crippen molar-refractivity contribution >= 4 is 22.2 Å². The number of para-hydroxylation sites is 1. The molecule has 2 aromatic rings. The summed E-state index contributed by atoms with van der Waals surface area (Å²) in [5.74, 6) is 0.748. The highest BCUT2D eigenvalue weighted by atomic mass is 32.1. The Balaban J connectivity index is 2.69. The largest absolute Gasteiger partial charge is 0.496 e. The molecule has 0 fully saturated rings. The lowest BCUT2D eigenvalue weighted by Gasteiger charge is -2.20. The summed E-state index contributed by atoms with van der Waals surface area (Å²) in [5.41, 5.74) is 8.68.